The van der Waals surface area contributed by atoms with Crippen molar-refractivity contribution in [3.63, 3.8) is 0 Å². The molecule has 1 aromatic heterocycles. The fraction of sp³-hybridized carbons (Fsp3) is 0.385. The number of halogens is 2. The number of nitrogens with zero attached hydrogens (tertiary/aromatic N) is 4. The molecule has 0 fully saturated rings. The van der Waals surface area contributed by atoms with Gasteiger partial charge in [0.05, 0.1) is 11.1 Å². The molecule has 0 bridgehead atoms. The van der Waals surface area contributed by atoms with Gasteiger partial charge >= 0.3 is 0 Å². The number of benzene rings is 1. The van der Waals surface area contributed by atoms with E-state index in [4.69, 9.17) is 17.1 Å². The maximum absolute atomic E-state index is 13.5. The van der Waals surface area contributed by atoms with Gasteiger partial charge < -0.3 is 4.57 Å². The summed E-state index contributed by atoms with van der Waals surface area (Å²) in [7, 11) is 0. The standard InChI is InChI=1S/C13H14ClFN4/c1-3-9-7-19(6-8(2)17-18-16)11-5-4-10(15)13(14)12(9)11/h4-5,7-8H,3,6H2,1-2H3/t8-/m0/s1. The first kappa shape index (κ1) is 13.7. The maximum atomic E-state index is 13.5. The molecule has 2 aromatic rings. The molecule has 0 saturated heterocycles. The Morgan fingerprint density at radius 1 is 1.53 bits per heavy atom. The molecule has 0 saturated carbocycles. The quantitative estimate of drug-likeness (QED) is 0.443. The van der Waals surface area contributed by atoms with Crippen LogP contribution >= 0.6 is 11.6 Å². The third-order valence-corrected chi connectivity index (χ3v) is 3.48. The lowest BCUT2D eigenvalue weighted by molar-refractivity contribution is 0.600. The van der Waals surface area contributed by atoms with Gasteiger partial charge in [-0.2, -0.15) is 0 Å². The monoisotopic (exact) mass is 280 g/mol. The third kappa shape index (κ3) is 2.53. The predicted molar refractivity (Wildman–Crippen MR) is 74.9 cm³/mol. The van der Waals surface area contributed by atoms with Crippen LogP contribution in [-0.2, 0) is 13.0 Å². The molecule has 0 radical (unpaired) electrons. The van der Waals surface area contributed by atoms with Gasteiger partial charge in [0.25, 0.3) is 0 Å². The van der Waals surface area contributed by atoms with E-state index in [0.29, 0.717) is 6.54 Å². The Morgan fingerprint density at radius 3 is 2.89 bits per heavy atom. The highest BCUT2D eigenvalue weighted by Crippen LogP contribution is 2.31. The summed E-state index contributed by atoms with van der Waals surface area (Å²) in [4.78, 5) is 2.80. The van der Waals surface area contributed by atoms with Crippen LogP contribution in [0.25, 0.3) is 21.3 Å². The number of aromatic nitrogens is 1. The average molecular weight is 281 g/mol. The largest absolute Gasteiger partial charge is 0.347 e. The van der Waals surface area contributed by atoms with E-state index < -0.39 is 5.82 Å². The maximum Gasteiger partial charge on any atom is 0.142 e. The molecule has 0 spiro atoms. The van der Waals surface area contributed by atoms with Crippen LogP contribution in [-0.4, -0.2) is 10.6 Å². The first-order chi connectivity index (χ1) is 9.08. The molecule has 1 heterocycles. The van der Waals surface area contributed by atoms with Crippen molar-refractivity contribution < 1.29 is 4.39 Å². The Labute approximate surface area is 115 Å². The molecule has 0 unspecified atom stereocenters. The number of fused-ring (bicyclic) bond motifs is 1. The molecule has 100 valence electrons. The molecule has 0 N–H and O–H groups in total. The molecular formula is C13H14ClFN4. The van der Waals surface area contributed by atoms with Gasteiger partial charge in [0.1, 0.15) is 5.82 Å². The number of hydrogen-bond acceptors (Lipinski definition) is 1. The number of azide groups is 1. The summed E-state index contributed by atoms with van der Waals surface area (Å²) in [6.45, 7) is 4.38. The van der Waals surface area contributed by atoms with Gasteiger partial charge in [-0.3, -0.25) is 0 Å². The Bertz CT molecular complexity index is 658. The lowest BCUT2D eigenvalue weighted by Gasteiger charge is -2.08. The van der Waals surface area contributed by atoms with Gasteiger partial charge in [0.15, 0.2) is 0 Å². The zero-order valence-electron chi connectivity index (χ0n) is 10.8. The van der Waals surface area contributed by atoms with Crippen LogP contribution < -0.4 is 0 Å². The minimum atomic E-state index is -0.412. The van der Waals surface area contributed by atoms with Crippen LogP contribution in [0.3, 0.4) is 0 Å². The van der Waals surface area contributed by atoms with Crippen molar-refractivity contribution in [2.75, 3.05) is 0 Å². The van der Waals surface area contributed by atoms with Crippen molar-refractivity contribution >= 4 is 22.5 Å². The lowest BCUT2D eigenvalue weighted by Crippen LogP contribution is -2.08. The van der Waals surface area contributed by atoms with E-state index >= 15 is 0 Å². The minimum Gasteiger partial charge on any atom is -0.347 e. The Kier molecular flexibility index (Phi) is 3.98. The second kappa shape index (κ2) is 5.51. The summed E-state index contributed by atoms with van der Waals surface area (Å²) in [5.41, 5.74) is 10.3. The van der Waals surface area contributed by atoms with Crippen LogP contribution in [0.5, 0.6) is 0 Å². The zero-order chi connectivity index (χ0) is 14.0. The summed E-state index contributed by atoms with van der Waals surface area (Å²) in [5, 5.41) is 4.56. The summed E-state index contributed by atoms with van der Waals surface area (Å²) in [6, 6.07) is 2.89. The summed E-state index contributed by atoms with van der Waals surface area (Å²) < 4.78 is 15.5. The van der Waals surface area contributed by atoms with Crippen molar-refractivity contribution in [3.05, 3.63) is 45.2 Å². The summed E-state index contributed by atoms with van der Waals surface area (Å²) in [5.74, 6) is -0.412. The minimum absolute atomic E-state index is 0.157. The van der Waals surface area contributed by atoms with Crippen molar-refractivity contribution in [2.24, 2.45) is 5.11 Å². The van der Waals surface area contributed by atoms with E-state index in [1.54, 1.807) is 6.07 Å². The Hall–Kier alpha value is -1.71. The van der Waals surface area contributed by atoms with Crippen molar-refractivity contribution in [1.82, 2.24) is 4.57 Å². The first-order valence-electron chi connectivity index (χ1n) is 6.08. The smallest absolute Gasteiger partial charge is 0.142 e. The second-order valence-corrected chi connectivity index (χ2v) is 4.85. The zero-order valence-corrected chi connectivity index (χ0v) is 11.5. The molecule has 1 atom stereocenters. The molecular weight excluding hydrogens is 267 g/mol. The SMILES string of the molecule is CCc1cn(C[C@H](C)N=[N+]=[N-])c2ccc(F)c(Cl)c12. The molecule has 2 rings (SSSR count). The van der Waals surface area contributed by atoms with E-state index in [9.17, 15) is 4.39 Å². The van der Waals surface area contributed by atoms with Gasteiger partial charge in [-0.05, 0) is 29.6 Å². The van der Waals surface area contributed by atoms with Gasteiger partial charge in [-0.1, -0.05) is 30.6 Å². The molecule has 19 heavy (non-hydrogen) atoms. The number of aryl methyl sites for hydroxylation is 1. The Morgan fingerprint density at radius 2 is 2.26 bits per heavy atom. The molecule has 0 amide bonds. The molecule has 1 aromatic carbocycles. The fourth-order valence-corrected chi connectivity index (χ4v) is 2.52. The van der Waals surface area contributed by atoms with Crippen molar-refractivity contribution in [3.8, 4) is 0 Å². The number of rotatable bonds is 4. The van der Waals surface area contributed by atoms with Crippen molar-refractivity contribution in [2.45, 2.75) is 32.9 Å². The fourth-order valence-electron chi connectivity index (χ4n) is 2.24. The third-order valence-electron chi connectivity index (χ3n) is 3.11. The van der Waals surface area contributed by atoms with Crippen LogP contribution in [0.15, 0.2) is 23.4 Å². The Balaban J connectivity index is 2.57. The topological polar surface area (TPSA) is 53.7 Å². The molecule has 0 aliphatic heterocycles. The van der Waals surface area contributed by atoms with E-state index in [1.807, 2.05) is 24.6 Å². The highest BCUT2D eigenvalue weighted by atomic mass is 35.5. The second-order valence-electron chi connectivity index (χ2n) is 4.47. The normalized spacial score (nSPS) is 12.4. The van der Waals surface area contributed by atoms with E-state index in [1.165, 1.54) is 6.07 Å². The number of hydrogen-bond donors (Lipinski definition) is 0. The van der Waals surface area contributed by atoms with E-state index in [2.05, 4.69) is 10.0 Å². The van der Waals surface area contributed by atoms with Gasteiger partial charge in [0, 0.05) is 28.6 Å². The highest BCUT2D eigenvalue weighted by Gasteiger charge is 2.14. The summed E-state index contributed by atoms with van der Waals surface area (Å²) >= 11 is 6.05. The van der Waals surface area contributed by atoms with Crippen LogP contribution in [0.2, 0.25) is 5.02 Å². The lowest BCUT2D eigenvalue weighted by atomic mass is 10.1. The van der Waals surface area contributed by atoms with E-state index in [0.717, 1.165) is 22.9 Å². The molecule has 0 aliphatic rings. The van der Waals surface area contributed by atoms with Crippen molar-refractivity contribution in [1.29, 1.82) is 0 Å². The average Bonchev–Trinajstić information content (AvgIpc) is 2.73. The molecule has 4 nitrogen and oxygen atoms in total. The van der Waals surface area contributed by atoms with Crippen LogP contribution in [0, 0.1) is 5.82 Å². The molecule has 6 heteroatoms. The van der Waals surface area contributed by atoms with Crippen LogP contribution in [0.1, 0.15) is 19.4 Å². The first-order valence-corrected chi connectivity index (χ1v) is 6.46. The van der Waals surface area contributed by atoms with Gasteiger partial charge in [-0.15, -0.1) is 0 Å². The van der Waals surface area contributed by atoms with E-state index in [-0.39, 0.29) is 11.1 Å². The van der Waals surface area contributed by atoms with Gasteiger partial charge in [-0.25, -0.2) is 4.39 Å². The molecule has 0 aliphatic carbocycles. The van der Waals surface area contributed by atoms with Crippen LogP contribution in [0.4, 0.5) is 4.39 Å². The summed E-state index contributed by atoms with van der Waals surface area (Å²) in [6.07, 6.45) is 2.71. The van der Waals surface area contributed by atoms with Gasteiger partial charge in [0.2, 0.25) is 0 Å². The highest BCUT2D eigenvalue weighted by molar-refractivity contribution is 6.35. The predicted octanol–water partition coefficient (Wildman–Crippen LogP) is 4.70.